The molecule has 0 N–H and O–H groups in total. The molecular weight excluding hydrogens is 178 g/mol. The lowest BCUT2D eigenvalue weighted by atomic mass is 10.2. The highest BCUT2D eigenvalue weighted by Crippen LogP contribution is 1.96. The molecule has 64 valence electrons. The van der Waals surface area contributed by atoms with Gasteiger partial charge in [0.25, 0.3) is 0 Å². The zero-order valence-corrected chi connectivity index (χ0v) is 8.34. The third-order valence-electron chi connectivity index (χ3n) is 1.27. The number of thiocarbonyl (C=S) groups is 1. The van der Waals surface area contributed by atoms with E-state index in [2.05, 4.69) is 22.4 Å². The summed E-state index contributed by atoms with van der Waals surface area (Å²) < 4.78 is 10.6. The maximum absolute atomic E-state index is 10.6. The van der Waals surface area contributed by atoms with Gasteiger partial charge in [-0.25, -0.2) is 4.99 Å². The summed E-state index contributed by atoms with van der Waals surface area (Å²) in [4.78, 5) is 3.78. The Labute approximate surface area is 75.6 Å². The highest BCUT2D eigenvalue weighted by atomic mass is 32.2. The molecule has 0 aromatic heterocycles. The summed E-state index contributed by atoms with van der Waals surface area (Å²) in [6.45, 7) is 0.764. The molecular formula is C7H13NOS2. The molecule has 0 aromatic rings. The van der Waals surface area contributed by atoms with E-state index in [0.29, 0.717) is 0 Å². The first kappa shape index (κ1) is 11.0. The lowest BCUT2D eigenvalue weighted by molar-refractivity contribution is 0.677. The first-order valence-electron chi connectivity index (χ1n) is 3.61. The van der Waals surface area contributed by atoms with Crippen molar-refractivity contribution < 1.29 is 4.21 Å². The van der Waals surface area contributed by atoms with Gasteiger partial charge >= 0.3 is 0 Å². The molecule has 0 fully saturated rings. The fourth-order valence-electron chi connectivity index (χ4n) is 0.719. The molecule has 0 aliphatic carbocycles. The van der Waals surface area contributed by atoms with Gasteiger partial charge in [0.2, 0.25) is 0 Å². The molecule has 1 atom stereocenters. The fraction of sp³-hybridized carbons (Fsp3) is 0.857. The van der Waals surface area contributed by atoms with Crippen LogP contribution in [0.4, 0.5) is 0 Å². The zero-order chi connectivity index (χ0) is 8.53. The van der Waals surface area contributed by atoms with Gasteiger partial charge in [0.15, 0.2) is 0 Å². The Bertz CT molecular complexity index is 160. The zero-order valence-electron chi connectivity index (χ0n) is 6.71. The topological polar surface area (TPSA) is 29.4 Å². The van der Waals surface area contributed by atoms with Crippen LogP contribution in [0.3, 0.4) is 0 Å². The number of nitrogens with zero attached hydrogens (tertiary/aromatic N) is 1. The Kier molecular flexibility index (Phi) is 8.01. The van der Waals surface area contributed by atoms with E-state index >= 15 is 0 Å². The highest BCUT2D eigenvalue weighted by Gasteiger charge is 1.90. The third kappa shape index (κ3) is 9.95. The Balaban J connectivity index is 3.02. The molecule has 2 nitrogen and oxygen atoms in total. The summed E-state index contributed by atoms with van der Waals surface area (Å²) in [5, 5.41) is 2.32. The maximum Gasteiger partial charge on any atom is 0.0584 e. The van der Waals surface area contributed by atoms with Crippen molar-refractivity contribution in [3.8, 4) is 0 Å². The molecule has 0 unspecified atom stereocenters. The largest absolute Gasteiger partial charge is 0.260 e. The van der Waals surface area contributed by atoms with Crippen molar-refractivity contribution in [1.29, 1.82) is 0 Å². The Hall–Kier alpha value is -0.0500. The predicted octanol–water partition coefficient (Wildman–Crippen LogP) is 1.64. The summed E-state index contributed by atoms with van der Waals surface area (Å²) in [6.07, 6.45) is 4.87. The van der Waals surface area contributed by atoms with Crippen LogP contribution in [0.2, 0.25) is 0 Å². The average molecular weight is 191 g/mol. The van der Waals surface area contributed by atoms with Crippen LogP contribution in [0.5, 0.6) is 0 Å². The van der Waals surface area contributed by atoms with Gasteiger partial charge < -0.3 is 0 Å². The van der Waals surface area contributed by atoms with Crippen molar-refractivity contribution in [2.45, 2.75) is 19.3 Å². The monoisotopic (exact) mass is 191 g/mol. The van der Waals surface area contributed by atoms with Crippen LogP contribution in [0.1, 0.15) is 19.3 Å². The number of rotatable bonds is 6. The first-order valence-corrected chi connectivity index (χ1v) is 5.74. The van der Waals surface area contributed by atoms with E-state index in [1.165, 1.54) is 0 Å². The van der Waals surface area contributed by atoms with Gasteiger partial charge in [-0.3, -0.25) is 4.21 Å². The molecule has 0 bridgehead atoms. The number of hydrogen-bond donors (Lipinski definition) is 0. The van der Waals surface area contributed by atoms with Gasteiger partial charge in [0.1, 0.15) is 0 Å². The normalized spacial score (nSPS) is 12.1. The van der Waals surface area contributed by atoms with Crippen molar-refractivity contribution in [1.82, 2.24) is 0 Å². The summed E-state index contributed by atoms with van der Waals surface area (Å²) in [6, 6.07) is 0. The van der Waals surface area contributed by atoms with E-state index in [0.717, 1.165) is 31.6 Å². The molecule has 0 heterocycles. The van der Waals surface area contributed by atoms with Gasteiger partial charge in [-0.1, -0.05) is 6.42 Å². The minimum Gasteiger partial charge on any atom is -0.260 e. The van der Waals surface area contributed by atoms with Gasteiger partial charge in [0, 0.05) is 29.4 Å². The predicted molar refractivity (Wildman–Crippen MR) is 52.7 cm³/mol. The quantitative estimate of drug-likeness (QED) is 0.363. The molecule has 0 spiro atoms. The van der Waals surface area contributed by atoms with E-state index in [1.807, 2.05) is 0 Å². The Morgan fingerprint density at radius 2 is 2.18 bits per heavy atom. The van der Waals surface area contributed by atoms with Crippen LogP contribution in [0, 0.1) is 0 Å². The summed E-state index contributed by atoms with van der Waals surface area (Å²) in [5.41, 5.74) is 0. The third-order valence-corrected chi connectivity index (χ3v) is 2.26. The average Bonchev–Trinajstić information content (AvgIpc) is 1.96. The van der Waals surface area contributed by atoms with Gasteiger partial charge in [-0.15, -0.1) is 0 Å². The summed E-state index contributed by atoms with van der Waals surface area (Å²) in [5.74, 6) is 0.807. The van der Waals surface area contributed by atoms with E-state index < -0.39 is 10.8 Å². The van der Waals surface area contributed by atoms with Gasteiger partial charge in [-0.05, 0) is 25.1 Å². The molecule has 0 saturated carbocycles. The highest BCUT2D eigenvalue weighted by molar-refractivity contribution is 7.84. The lowest BCUT2D eigenvalue weighted by Gasteiger charge is -1.94. The maximum atomic E-state index is 10.6. The van der Waals surface area contributed by atoms with Gasteiger partial charge in [-0.2, -0.15) is 0 Å². The molecule has 0 aliphatic heterocycles. The van der Waals surface area contributed by atoms with Crippen LogP contribution in [-0.4, -0.2) is 27.9 Å². The summed E-state index contributed by atoms with van der Waals surface area (Å²) in [7, 11) is -0.640. The van der Waals surface area contributed by atoms with E-state index in [4.69, 9.17) is 0 Å². The van der Waals surface area contributed by atoms with Crippen molar-refractivity contribution >= 4 is 28.2 Å². The molecule has 0 rings (SSSR count). The second-order valence-electron chi connectivity index (χ2n) is 2.31. The number of aliphatic imine (C=N–C) groups is 1. The van der Waals surface area contributed by atoms with Crippen LogP contribution in [0.25, 0.3) is 0 Å². The molecule has 0 aromatic carbocycles. The number of unbranched alkanes of at least 4 members (excludes halogenated alkanes) is 2. The lowest BCUT2D eigenvalue weighted by Crippen LogP contribution is -1.94. The van der Waals surface area contributed by atoms with E-state index in [1.54, 1.807) is 6.26 Å². The minimum absolute atomic E-state index is 0.640. The first-order chi connectivity index (χ1) is 5.27. The van der Waals surface area contributed by atoms with Crippen LogP contribution in [0.15, 0.2) is 4.99 Å². The van der Waals surface area contributed by atoms with E-state index in [9.17, 15) is 4.21 Å². The summed E-state index contributed by atoms with van der Waals surface area (Å²) >= 11 is 4.41. The SMILES string of the molecule is C[S@](=O)CCCCCN=C=S. The van der Waals surface area contributed by atoms with Crippen molar-refractivity contribution in [3.05, 3.63) is 0 Å². The number of hydrogen-bond acceptors (Lipinski definition) is 3. The Morgan fingerprint density at radius 1 is 1.45 bits per heavy atom. The van der Waals surface area contributed by atoms with E-state index in [-0.39, 0.29) is 0 Å². The molecule has 11 heavy (non-hydrogen) atoms. The van der Waals surface area contributed by atoms with Crippen LogP contribution in [-0.2, 0) is 10.8 Å². The molecule has 4 heteroatoms. The van der Waals surface area contributed by atoms with Crippen LogP contribution < -0.4 is 0 Å². The van der Waals surface area contributed by atoms with Crippen molar-refractivity contribution in [2.75, 3.05) is 18.6 Å². The smallest absolute Gasteiger partial charge is 0.0584 e. The Morgan fingerprint density at radius 3 is 2.73 bits per heavy atom. The minimum atomic E-state index is -0.640. The van der Waals surface area contributed by atoms with Crippen molar-refractivity contribution in [2.24, 2.45) is 4.99 Å². The number of isothiocyanates is 1. The standard InChI is InChI=1S/C7H13NOS2/c1-11(9)6-4-2-3-5-8-7-10/h2-6H2,1H3/t11-/m0/s1. The van der Waals surface area contributed by atoms with Crippen LogP contribution >= 0.6 is 12.2 Å². The molecule has 0 saturated heterocycles. The fourth-order valence-corrected chi connectivity index (χ4v) is 1.42. The second-order valence-corrected chi connectivity index (χ2v) is 4.05. The molecule has 0 amide bonds. The second kappa shape index (κ2) is 8.05. The van der Waals surface area contributed by atoms with Gasteiger partial charge in [0.05, 0.1) is 5.16 Å². The molecule has 0 radical (unpaired) electrons. The molecule has 0 aliphatic rings. The van der Waals surface area contributed by atoms with Crippen molar-refractivity contribution in [3.63, 3.8) is 0 Å².